The van der Waals surface area contributed by atoms with E-state index in [0.717, 1.165) is 5.92 Å². The molecule has 1 atom stereocenters. The SMILES string of the molecule is CC(C)N1CC(C)(C2CC2)NCC12CCCCC2. The van der Waals surface area contributed by atoms with Crippen molar-refractivity contribution in [3.8, 4) is 0 Å². The Bertz CT molecular complexity index is 302. The van der Waals surface area contributed by atoms with E-state index in [2.05, 4.69) is 31.0 Å². The van der Waals surface area contributed by atoms with Crippen molar-refractivity contribution in [2.24, 2.45) is 5.92 Å². The van der Waals surface area contributed by atoms with Gasteiger partial charge in [0.25, 0.3) is 0 Å². The molecule has 18 heavy (non-hydrogen) atoms. The molecule has 0 radical (unpaired) electrons. The second-order valence-electron chi connectivity index (χ2n) is 7.55. The molecule has 2 aliphatic carbocycles. The normalized spacial score (nSPS) is 37.3. The summed E-state index contributed by atoms with van der Waals surface area (Å²) >= 11 is 0. The molecule has 0 aromatic carbocycles. The van der Waals surface area contributed by atoms with Gasteiger partial charge in [-0.05, 0) is 52.4 Å². The molecule has 1 spiro atoms. The number of hydrogen-bond donors (Lipinski definition) is 1. The summed E-state index contributed by atoms with van der Waals surface area (Å²) in [5, 5.41) is 3.96. The fraction of sp³-hybridized carbons (Fsp3) is 1.00. The minimum Gasteiger partial charge on any atom is -0.308 e. The largest absolute Gasteiger partial charge is 0.308 e. The Labute approximate surface area is 113 Å². The quantitative estimate of drug-likeness (QED) is 0.810. The number of nitrogens with zero attached hydrogens (tertiary/aromatic N) is 1. The van der Waals surface area contributed by atoms with Gasteiger partial charge in [0.05, 0.1) is 0 Å². The van der Waals surface area contributed by atoms with Crippen molar-refractivity contribution in [1.29, 1.82) is 0 Å². The Morgan fingerprint density at radius 3 is 2.33 bits per heavy atom. The molecule has 0 aromatic rings. The average molecular weight is 250 g/mol. The zero-order valence-corrected chi connectivity index (χ0v) is 12.5. The highest BCUT2D eigenvalue weighted by Crippen LogP contribution is 2.45. The monoisotopic (exact) mass is 250 g/mol. The maximum absolute atomic E-state index is 3.96. The van der Waals surface area contributed by atoms with Crippen molar-refractivity contribution >= 4 is 0 Å². The first-order valence-corrected chi connectivity index (χ1v) is 8.08. The number of piperazine rings is 1. The van der Waals surface area contributed by atoms with Crippen LogP contribution in [0.5, 0.6) is 0 Å². The fourth-order valence-corrected chi connectivity index (χ4v) is 4.44. The maximum atomic E-state index is 3.96. The maximum Gasteiger partial charge on any atom is 0.0337 e. The van der Waals surface area contributed by atoms with Crippen molar-refractivity contribution in [3.63, 3.8) is 0 Å². The van der Waals surface area contributed by atoms with Crippen molar-refractivity contribution in [3.05, 3.63) is 0 Å². The van der Waals surface area contributed by atoms with Gasteiger partial charge >= 0.3 is 0 Å². The van der Waals surface area contributed by atoms with Crippen LogP contribution >= 0.6 is 0 Å². The predicted octanol–water partition coefficient (Wildman–Crippen LogP) is 3.17. The summed E-state index contributed by atoms with van der Waals surface area (Å²) in [4.78, 5) is 2.86. The van der Waals surface area contributed by atoms with Crippen molar-refractivity contribution < 1.29 is 0 Å². The van der Waals surface area contributed by atoms with Gasteiger partial charge in [0.1, 0.15) is 0 Å². The highest BCUT2D eigenvalue weighted by atomic mass is 15.3. The lowest BCUT2D eigenvalue weighted by atomic mass is 9.75. The molecule has 2 nitrogen and oxygen atoms in total. The lowest BCUT2D eigenvalue weighted by Gasteiger charge is -2.57. The summed E-state index contributed by atoms with van der Waals surface area (Å²) in [7, 11) is 0. The summed E-state index contributed by atoms with van der Waals surface area (Å²) in [6.45, 7) is 9.77. The van der Waals surface area contributed by atoms with Crippen LogP contribution in [-0.2, 0) is 0 Å². The minimum absolute atomic E-state index is 0.396. The molecule has 0 amide bonds. The van der Waals surface area contributed by atoms with Crippen LogP contribution < -0.4 is 5.32 Å². The third-order valence-corrected chi connectivity index (χ3v) is 5.82. The molecule has 2 heteroatoms. The van der Waals surface area contributed by atoms with E-state index in [4.69, 9.17) is 0 Å². The average Bonchev–Trinajstić information content (AvgIpc) is 3.18. The van der Waals surface area contributed by atoms with E-state index in [0.29, 0.717) is 17.1 Å². The van der Waals surface area contributed by atoms with E-state index in [9.17, 15) is 0 Å². The van der Waals surface area contributed by atoms with Crippen LogP contribution in [0.2, 0.25) is 0 Å². The molecule has 104 valence electrons. The molecule has 3 aliphatic rings. The molecule has 1 N–H and O–H groups in total. The van der Waals surface area contributed by atoms with Crippen molar-refractivity contribution in [1.82, 2.24) is 10.2 Å². The van der Waals surface area contributed by atoms with Crippen molar-refractivity contribution in [2.75, 3.05) is 13.1 Å². The number of hydrogen-bond acceptors (Lipinski definition) is 2. The molecule has 1 saturated heterocycles. The van der Waals surface area contributed by atoms with E-state index in [1.165, 1.54) is 58.0 Å². The lowest BCUT2D eigenvalue weighted by molar-refractivity contribution is -0.0405. The highest BCUT2D eigenvalue weighted by Gasteiger charge is 2.51. The zero-order chi connectivity index (χ0) is 12.8. The summed E-state index contributed by atoms with van der Waals surface area (Å²) in [6.07, 6.45) is 10.0. The first-order chi connectivity index (χ1) is 8.56. The van der Waals surface area contributed by atoms with Gasteiger partial charge < -0.3 is 5.32 Å². The molecule has 0 aromatic heterocycles. The number of nitrogens with one attached hydrogen (secondary N) is 1. The third kappa shape index (κ3) is 2.12. The Morgan fingerprint density at radius 1 is 1.11 bits per heavy atom. The van der Waals surface area contributed by atoms with Crippen LogP contribution in [0.4, 0.5) is 0 Å². The molecule has 1 aliphatic heterocycles. The second-order valence-corrected chi connectivity index (χ2v) is 7.55. The van der Waals surface area contributed by atoms with Gasteiger partial charge in [-0.25, -0.2) is 0 Å². The number of rotatable bonds is 2. The van der Waals surface area contributed by atoms with E-state index < -0.39 is 0 Å². The van der Waals surface area contributed by atoms with Crippen LogP contribution in [0.15, 0.2) is 0 Å². The molecular formula is C16H30N2. The first-order valence-electron chi connectivity index (χ1n) is 8.08. The van der Waals surface area contributed by atoms with Gasteiger partial charge in [-0.1, -0.05) is 19.3 Å². The second kappa shape index (κ2) is 4.49. The molecule has 3 rings (SSSR count). The first kappa shape index (κ1) is 12.9. The van der Waals surface area contributed by atoms with Gasteiger partial charge in [-0.15, -0.1) is 0 Å². The van der Waals surface area contributed by atoms with Gasteiger partial charge in [-0.3, -0.25) is 4.90 Å². The van der Waals surface area contributed by atoms with Crippen LogP contribution in [0.25, 0.3) is 0 Å². The summed E-state index contributed by atoms with van der Waals surface area (Å²) in [5.74, 6) is 0.944. The summed E-state index contributed by atoms with van der Waals surface area (Å²) in [6, 6.07) is 0.697. The Kier molecular flexibility index (Phi) is 3.22. The molecule has 3 fully saturated rings. The zero-order valence-electron chi connectivity index (χ0n) is 12.5. The fourth-order valence-electron chi connectivity index (χ4n) is 4.44. The van der Waals surface area contributed by atoms with Crippen LogP contribution in [-0.4, -0.2) is 35.1 Å². The summed E-state index contributed by atoms with van der Waals surface area (Å²) < 4.78 is 0. The highest BCUT2D eigenvalue weighted by molar-refractivity contribution is 5.10. The smallest absolute Gasteiger partial charge is 0.0337 e. The minimum atomic E-state index is 0.396. The topological polar surface area (TPSA) is 15.3 Å². The van der Waals surface area contributed by atoms with Crippen LogP contribution in [0.3, 0.4) is 0 Å². The lowest BCUT2D eigenvalue weighted by Crippen LogP contribution is -2.71. The van der Waals surface area contributed by atoms with Gasteiger partial charge in [0.2, 0.25) is 0 Å². The standard InChI is InChI=1S/C16H30N2/c1-13(2)18-12-15(3,14-7-8-14)17-11-16(18)9-5-4-6-10-16/h13-14,17H,4-12H2,1-3H3. The van der Waals surface area contributed by atoms with E-state index >= 15 is 0 Å². The van der Waals surface area contributed by atoms with E-state index in [1.807, 2.05) is 0 Å². The van der Waals surface area contributed by atoms with Gasteiger partial charge in [0.15, 0.2) is 0 Å². The van der Waals surface area contributed by atoms with Crippen LogP contribution in [0.1, 0.15) is 65.7 Å². The van der Waals surface area contributed by atoms with Crippen LogP contribution in [0, 0.1) is 5.92 Å². The molecule has 0 bridgehead atoms. The Hall–Kier alpha value is -0.0800. The predicted molar refractivity (Wildman–Crippen MR) is 76.8 cm³/mol. The van der Waals surface area contributed by atoms with Crippen molar-refractivity contribution in [2.45, 2.75) is 82.8 Å². The van der Waals surface area contributed by atoms with E-state index in [-0.39, 0.29) is 0 Å². The summed E-state index contributed by atoms with van der Waals surface area (Å²) in [5.41, 5.74) is 0.883. The molecule has 1 heterocycles. The van der Waals surface area contributed by atoms with Gasteiger partial charge in [0, 0.05) is 30.2 Å². The molecular weight excluding hydrogens is 220 g/mol. The third-order valence-electron chi connectivity index (χ3n) is 5.82. The molecule has 2 saturated carbocycles. The Balaban J connectivity index is 1.79. The van der Waals surface area contributed by atoms with Gasteiger partial charge in [-0.2, -0.15) is 0 Å². The Morgan fingerprint density at radius 2 is 1.78 bits per heavy atom. The molecule has 1 unspecified atom stereocenters. The van der Waals surface area contributed by atoms with E-state index in [1.54, 1.807) is 0 Å².